The van der Waals surface area contributed by atoms with Crippen LogP contribution >= 0.6 is 35.0 Å². The maximum absolute atomic E-state index is 13.0. The van der Waals surface area contributed by atoms with Crippen molar-refractivity contribution in [1.82, 2.24) is 14.8 Å². The third kappa shape index (κ3) is 5.23. The Kier molecular flexibility index (Phi) is 6.40. The van der Waals surface area contributed by atoms with E-state index in [1.165, 1.54) is 12.4 Å². The first-order valence-electron chi connectivity index (χ1n) is 8.15. The molecule has 2 aromatic carbocycles. The Labute approximate surface area is 178 Å². The summed E-state index contributed by atoms with van der Waals surface area (Å²) >= 11 is 12.7. The Morgan fingerprint density at radius 2 is 1.97 bits per heavy atom. The number of thioether (sulfide) groups is 1. The third-order valence-electron chi connectivity index (χ3n) is 3.79. The van der Waals surface area contributed by atoms with Crippen LogP contribution in [0.1, 0.15) is 12.5 Å². The van der Waals surface area contributed by atoms with E-state index in [9.17, 15) is 18.0 Å². The van der Waals surface area contributed by atoms with Crippen LogP contribution in [-0.2, 0) is 11.0 Å². The second-order valence-electron chi connectivity index (χ2n) is 5.91. The number of benzene rings is 2. The molecule has 29 heavy (non-hydrogen) atoms. The number of carbonyl (C=O) groups excluding carboxylic acids is 1. The number of nitrogens with zero attached hydrogens (tertiary/aromatic N) is 3. The number of carbonyl (C=O) groups is 1. The van der Waals surface area contributed by atoms with Gasteiger partial charge in [0.1, 0.15) is 6.33 Å². The minimum absolute atomic E-state index is 0.00418. The van der Waals surface area contributed by atoms with Crippen molar-refractivity contribution in [1.29, 1.82) is 0 Å². The molecule has 3 rings (SSSR count). The number of hydrogen-bond donors (Lipinski definition) is 1. The fraction of sp³-hybridized carbons (Fsp3) is 0.167. The molecular weight excluding hydrogens is 448 g/mol. The zero-order valence-electron chi connectivity index (χ0n) is 14.7. The van der Waals surface area contributed by atoms with Crippen molar-refractivity contribution < 1.29 is 18.0 Å². The summed E-state index contributed by atoms with van der Waals surface area (Å²) in [6.07, 6.45) is -3.14. The van der Waals surface area contributed by atoms with Crippen molar-refractivity contribution in [3.05, 3.63) is 64.4 Å². The van der Waals surface area contributed by atoms with E-state index in [2.05, 4.69) is 15.5 Å². The van der Waals surface area contributed by atoms with Gasteiger partial charge in [0.25, 0.3) is 0 Å². The maximum Gasteiger partial charge on any atom is 0.417 e. The van der Waals surface area contributed by atoms with Crippen molar-refractivity contribution in [3.8, 4) is 5.69 Å². The van der Waals surface area contributed by atoms with Crippen molar-refractivity contribution in [3.63, 3.8) is 0 Å². The molecule has 0 aliphatic rings. The van der Waals surface area contributed by atoms with E-state index in [-0.39, 0.29) is 5.69 Å². The Hall–Kier alpha value is -2.23. The van der Waals surface area contributed by atoms with Gasteiger partial charge in [-0.25, -0.2) is 0 Å². The summed E-state index contributed by atoms with van der Waals surface area (Å²) in [5.41, 5.74) is -0.307. The molecule has 0 saturated carbocycles. The molecule has 152 valence electrons. The summed E-state index contributed by atoms with van der Waals surface area (Å²) < 4.78 is 40.6. The molecule has 1 atom stereocenters. The van der Waals surface area contributed by atoms with Gasteiger partial charge in [0.05, 0.1) is 21.5 Å². The van der Waals surface area contributed by atoms with E-state index in [0.29, 0.717) is 15.9 Å². The van der Waals surface area contributed by atoms with Gasteiger partial charge < -0.3 is 5.32 Å². The Morgan fingerprint density at radius 3 is 2.66 bits per heavy atom. The summed E-state index contributed by atoms with van der Waals surface area (Å²) in [5, 5.41) is 10.2. The van der Waals surface area contributed by atoms with Crippen LogP contribution in [0.5, 0.6) is 0 Å². The molecule has 1 amide bonds. The van der Waals surface area contributed by atoms with Gasteiger partial charge in [0.2, 0.25) is 5.91 Å². The quantitative estimate of drug-likeness (QED) is 0.495. The van der Waals surface area contributed by atoms with Gasteiger partial charge in [0.15, 0.2) is 5.16 Å². The van der Waals surface area contributed by atoms with Crippen molar-refractivity contribution >= 4 is 46.6 Å². The van der Waals surface area contributed by atoms with E-state index < -0.39 is 27.9 Å². The van der Waals surface area contributed by atoms with Gasteiger partial charge in [-0.2, -0.15) is 13.2 Å². The molecule has 1 N–H and O–H groups in total. The van der Waals surface area contributed by atoms with Crippen LogP contribution in [0.25, 0.3) is 5.69 Å². The van der Waals surface area contributed by atoms with Gasteiger partial charge in [0, 0.05) is 10.7 Å². The molecular formula is C18H13Cl2F3N4OS. The van der Waals surface area contributed by atoms with Crippen LogP contribution in [0.4, 0.5) is 18.9 Å². The number of amides is 1. The number of hydrogen-bond acceptors (Lipinski definition) is 4. The first kappa shape index (κ1) is 21.5. The number of nitrogens with one attached hydrogen (secondary N) is 1. The largest absolute Gasteiger partial charge is 0.417 e. The molecule has 0 spiro atoms. The van der Waals surface area contributed by atoms with E-state index in [4.69, 9.17) is 23.2 Å². The molecule has 1 heterocycles. The number of halogens is 5. The van der Waals surface area contributed by atoms with Gasteiger partial charge in [-0.15, -0.1) is 10.2 Å². The highest BCUT2D eigenvalue weighted by molar-refractivity contribution is 8.00. The van der Waals surface area contributed by atoms with Crippen LogP contribution in [0.3, 0.4) is 0 Å². The maximum atomic E-state index is 13.0. The van der Waals surface area contributed by atoms with E-state index in [1.807, 2.05) is 0 Å². The second-order valence-corrected chi connectivity index (χ2v) is 8.06. The summed E-state index contributed by atoms with van der Waals surface area (Å²) in [6.45, 7) is 1.61. The lowest BCUT2D eigenvalue weighted by atomic mass is 10.2. The topological polar surface area (TPSA) is 59.8 Å². The highest BCUT2D eigenvalue weighted by Gasteiger charge is 2.33. The first-order chi connectivity index (χ1) is 13.6. The predicted molar refractivity (Wildman–Crippen MR) is 107 cm³/mol. The molecule has 0 aliphatic heterocycles. The molecule has 0 aliphatic carbocycles. The minimum Gasteiger partial charge on any atom is -0.325 e. The molecule has 5 nitrogen and oxygen atoms in total. The smallest absolute Gasteiger partial charge is 0.325 e. The molecule has 3 aromatic rings. The molecule has 11 heteroatoms. The second kappa shape index (κ2) is 8.64. The number of rotatable bonds is 5. The van der Waals surface area contributed by atoms with Crippen molar-refractivity contribution in [2.24, 2.45) is 0 Å². The fourth-order valence-electron chi connectivity index (χ4n) is 2.38. The standard InChI is InChI=1S/C18H13Cl2F3N4OS/c1-10(16(28)25-12-5-6-15(20)14(8-12)18(21,22)23)29-17-26-24-9-27(17)13-4-2-3-11(19)7-13/h2-10H,1H3,(H,25,28). The van der Waals surface area contributed by atoms with E-state index >= 15 is 0 Å². The molecule has 0 saturated heterocycles. The SMILES string of the molecule is CC(Sc1nncn1-c1cccc(Cl)c1)C(=O)Nc1ccc(Cl)c(C(F)(F)F)c1. The summed E-state index contributed by atoms with van der Waals surface area (Å²) in [5.74, 6) is -0.494. The molecule has 1 unspecified atom stereocenters. The highest BCUT2D eigenvalue weighted by atomic mass is 35.5. The third-order valence-corrected chi connectivity index (χ3v) is 5.42. The monoisotopic (exact) mass is 460 g/mol. The Morgan fingerprint density at radius 1 is 1.21 bits per heavy atom. The zero-order valence-corrected chi connectivity index (χ0v) is 17.1. The summed E-state index contributed by atoms with van der Waals surface area (Å²) in [7, 11) is 0. The number of anilines is 1. The summed E-state index contributed by atoms with van der Waals surface area (Å²) in [6, 6.07) is 10.2. The number of aromatic nitrogens is 3. The molecule has 1 aromatic heterocycles. The average molecular weight is 461 g/mol. The average Bonchev–Trinajstić information content (AvgIpc) is 3.10. The van der Waals surface area contributed by atoms with E-state index in [1.54, 1.807) is 35.8 Å². The fourth-order valence-corrected chi connectivity index (χ4v) is 3.64. The minimum atomic E-state index is -4.62. The Balaban J connectivity index is 1.74. The Bertz CT molecular complexity index is 1040. The van der Waals surface area contributed by atoms with Gasteiger partial charge in [-0.05, 0) is 43.3 Å². The van der Waals surface area contributed by atoms with Crippen LogP contribution in [0.15, 0.2) is 53.9 Å². The van der Waals surface area contributed by atoms with Gasteiger partial charge in [-0.1, -0.05) is 41.0 Å². The normalized spacial score (nSPS) is 12.6. The van der Waals surface area contributed by atoms with Gasteiger partial charge >= 0.3 is 6.18 Å². The lowest BCUT2D eigenvalue weighted by Gasteiger charge is -2.14. The zero-order chi connectivity index (χ0) is 21.2. The van der Waals surface area contributed by atoms with Gasteiger partial charge in [-0.3, -0.25) is 9.36 Å². The van der Waals surface area contributed by atoms with Crippen molar-refractivity contribution in [2.45, 2.75) is 23.5 Å². The van der Waals surface area contributed by atoms with Crippen LogP contribution in [0, 0.1) is 0 Å². The lowest BCUT2D eigenvalue weighted by Crippen LogP contribution is -2.23. The number of alkyl halides is 3. The van der Waals surface area contributed by atoms with Crippen LogP contribution in [-0.4, -0.2) is 25.9 Å². The van der Waals surface area contributed by atoms with Crippen LogP contribution in [0.2, 0.25) is 10.0 Å². The van der Waals surface area contributed by atoms with Crippen molar-refractivity contribution in [2.75, 3.05) is 5.32 Å². The summed E-state index contributed by atoms with van der Waals surface area (Å²) in [4.78, 5) is 12.5. The van der Waals surface area contributed by atoms with E-state index in [0.717, 1.165) is 23.9 Å². The predicted octanol–water partition coefficient (Wildman–Crippen LogP) is 5.71. The highest BCUT2D eigenvalue weighted by Crippen LogP contribution is 2.36. The molecule has 0 bridgehead atoms. The molecule has 0 fully saturated rings. The lowest BCUT2D eigenvalue weighted by molar-refractivity contribution is -0.137. The van der Waals surface area contributed by atoms with Crippen LogP contribution < -0.4 is 5.32 Å². The first-order valence-corrected chi connectivity index (χ1v) is 9.79. The molecule has 0 radical (unpaired) electrons.